The number of aromatic nitrogens is 2. The van der Waals surface area contributed by atoms with Crippen LogP contribution in [0.15, 0.2) is 6.20 Å². The minimum atomic E-state index is -0.520. The molecule has 0 aliphatic heterocycles. The lowest BCUT2D eigenvalue weighted by molar-refractivity contribution is -0.384. The number of likely N-dealkylation sites (N-methyl/N-ethyl adjacent to an activating group) is 1. The van der Waals surface area contributed by atoms with E-state index in [0.29, 0.717) is 12.5 Å². The average molecular weight is 351 g/mol. The van der Waals surface area contributed by atoms with Crippen LogP contribution < -0.4 is 16.4 Å². The highest BCUT2D eigenvalue weighted by molar-refractivity contribution is 5.79. The molecule has 0 aromatic carbocycles. The molecule has 10 heteroatoms. The van der Waals surface area contributed by atoms with Gasteiger partial charge in [-0.3, -0.25) is 14.9 Å². The van der Waals surface area contributed by atoms with E-state index in [-0.39, 0.29) is 35.9 Å². The smallest absolute Gasteiger partial charge is 0.329 e. The number of rotatable bonds is 7. The predicted molar refractivity (Wildman–Crippen MR) is 94.3 cm³/mol. The summed E-state index contributed by atoms with van der Waals surface area (Å²) in [5.74, 6) is 0.611. The highest BCUT2D eigenvalue weighted by Crippen LogP contribution is 2.26. The molecule has 1 aromatic rings. The number of hydrogen-bond donors (Lipinski definition) is 3. The molecule has 0 saturated heterocycles. The Hall–Kier alpha value is -2.49. The maximum Gasteiger partial charge on any atom is 0.329 e. The SMILES string of the molecule is CN(C)C(=O)CNc1ncc([N+](=O)[O-])c(NC[C@H]2CC[C@H](N)CC2)n1. The summed E-state index contributed by atoms with van der Waals surface area (Å²) in [5.41, 5.74) is 5.71. The molecule has 0 atom stereocenters. The first-order valence-corrected chi connectivity index (χ1v) is 8.31. The van der Waals surface area contributed by atoms with Gasteiger partial charge in [0.05, 0.1) is 11.5 Å². The Morgan fingerprint density at radius 3 is 2.64 bits per heavy atom. The molecule has 0 bridgehead atoms. The molecule has 4 N–H and O–H groups in total. The van der Waals surface area contributed by atoms with Crippen molar-refractivity contribution in [1.82, 2.24) is 14.9 Å². The van der Waals surface area contributed by atoms with E-state index in [9.17, 15) is 14.9 Å². The van der Waals surface area contributed by atoms with Crippen molar-refractivity contribution in [2.45, 2.75) is 31.7 Å². The number of nitrogens with one attached hydrogen (secondary N) is 2. The Labute approximate surface area is 146 Å². The fraction of sp³-hybridized carbons (Fsp3) is 0.667. The number of hydrogen-bond acceptors (Lipinski definition) is 8. The summed E-state index contributed by atoms with van der Waals surface area (Å²) in [4.78, 5) is 31.8. The van der Waals surface area contributed by atoms with Gasteiger partial charge < -0.3 is 21.3 Å². The Morgan fingerprint density at radius 2 is 2.04 bits per heavy atom. The third-order valence-electron chi connectivity index (χ3n) is 4.31. The number of nitro groups is 1. The maximum absolute atomic E-state index is 11.6. The molecule has 1 aliphatic carbocycles. The number of nitrogens with two attached hydrogens (primary N) is 1. The van der Waals surface area contributed by atoms with Crippen molar-refractivity contribution < 1.29 is 9.72 Å². The van der Waals surface area contributed by atoms with E-state index in [1.54, 1.807) is 14.1 Å². The summed E-state index contributed by atoms with van der Waals surface area (Å²) in [6.07, 6.45) is 5.08. The Kier molecular flexibility index (Phi) is 6.45. The lowest BCUT2D eigenvalue weighted by atomic mass is 9.86. The molecule has 25 heavy (non-hydrogen) atoms. The van der Waals surface area contributed by atoms with E-state index < -0.39 is 4.92 Å². The summed E-state index contributed by atoms with van der Waals surface area (Å²) in [5, 5.41) is 17.0. The predicted octanol–water partition coefficient (Wildman–Crippen LogP) is 0.814. The molecular weight excluding hydrogens is 326 g/mol. The summed E-state index contributed by atoms with van der Waals surface area (Å²) in [7, 11) is 3.29. The van der Waals surface area contributed by atoms with Gasteiger partial charge in [-0.2, -0.15) is 4.98 Å². The Morgan fingerprint density at radius 1 is 1.36 bits per heavy atom. The van der Waals surface area contributed by atoms with Crippen molar-refractivity contribution in [3.05, 3.63) is 16.3 Å². The van der Waals surface area contributed by atoms with Crippen LogP contribution in [-0.2, 0) is 4.79 Å². The summed E-state index contributed by atoms with van der Waals surface area (Å²) in [6, 6.07) is 0.259. The summed E-state index contributed by atoms with van der Waals surface area (Å²) in [6.45, 7) is 0.616. The van der Waals surface area contributed by atoms with Crippen LogP contribution in [-0.4, -0.2) is 58.9 Å². The van der Waals surface area contributed by atoms with Crippen LogP contribution in [0.2, 0.25) is 0 Å². The molecule has 138 valence electrons. The van der Waals surface area contributed by atoms with Gasteiger partial charge in [-0.05, 0) is 31.6 Å². The van der Waals surface area contributed by atoms with Crippen LogP contribution in [0.3, 0.4) is 0 Å². The van der Waals surface area contributed by atoms with E-state index in [1.807, 2.05) is 0 Å². The molecule has 1 amide bonds. The molecule has 0 spiro atoms. The normalized spacial score (nSPS) is 20.0. The quantitative estimate of drug-likeness (QED) is 0.484. The zero-order valence-electron chi connectivity index (χ0n) is 14.6. The van der Waals surface area contributed by atoms with Crippen LogP contribution in [0.5, 0.6) is 0 Å². The largest absolute Gasteiger partial charge is 0.364 e. The molecule has 2 rings (SSSR count). The Balaban J connectivity index is 2.01. The zero-order valence-corrected chi connectivity index (χ0v) is 14.6. The van der Waals surface area contributed by atoms with Gasteiger partial charge in [0.1, 0.15) is 6.20 Å². The lowest BCUT2D eigenvalue weighted by Gasteiger charge is -2.26. The average Bonchev–Trinajstić information content (AvgIpc) is 2.58. The molecule has 10 nitrogen and oxygen atoms in total. The maximum atomic E-state index is 11.6. The van der Waals surface area contributed by atoms with Crippen LogP contribution in [0, 0.1) is 16.0 Å². The van der Waals surface area contributed by atoms with E-state index in [4.69, 9.17) is 5.73 Å². The van der Waals surface area contributed by atoms with E-state index in [2.05, 4.69) is 20.6 Å². The van der Waals surface area contributed by atoms with Crippen molar-refractivity contribution >= 4 is 23.4 Å². The molecular formula is C15H25N7O3. The van der Waals surface area contributed by atoms with Crippen molar-refractivity contribution in [3.8, 4) is 0 Å². The number of carbonyl (C=O) groups excluding carboxylic acids is 1. The minimum Gasteiger partial charge on any atom is -0.364 e. The number of carbonyl (C=O) groups is 1. The second-order valence-corrected chi connectivity index (χ2v) is 6.49. The van der Waals surface area contributed by atoms with Gasteiger partial charge in [0.2, 0.25) is 17.7 Å². The van der Waals surface area contributed by atoms with Crippen molar-refractivity contribution in [2.75, 3.05) is 37.8 Å². The van der Waals surface area contributed by atoms with Crippen LogP contribution in [0.25, 0.3) is 0 Å². The van der Waals surface area contributed by atoms with Crippen molar-refractivity contribution in [2.24, 2.45) is 11.7 Å². The lowest BCUT2D eigenvalue weighted by Crippen LogP contribution is -2.30. The molecule has 0 radical (unpaired) electrons. The Bertz CT molecular complexity index is 615. The van der Waals surface area contributed by atoms with Crippen molar-refractivity contribution in [3.63, 3.8) is 0 Å². The second-order valence-electron chi connectivity index (χ2n) is 6.49. The van der Waals surface area contributed by atoms with Crippen LogP contribution in [0.1, 0.15) is 25.7 Å². The first-order valence-electron chi connectivity index (χ1n) is 8.31. The van der Waals surface area contributed by atoms with E-state index in [1.165, 1.54) is 4.90 Å². The van der Waals surface area contributed by atoms with Gasteiger partial charge in [-0.1, -0.05) is 0 Å². The molecule has 1 heterocycles. The fourth-order valence-corrected chi connectivity index (χ4v) is 2.67. The van der Waals surface area contributed by atoms with Gasteiger partial charge in [0, 0.05) is 26.7 Å². The minimum absolute atomic E-state index is 0.0186. The van der Waals surface area contributed by atoms with Crippen LogP contribution in [0.4, 0.5) is 17.5 Å². The third kappa shape index (κ3) is 5.52. The highest BCUT2D eigenvalue weighted by Gasteiger charge is 2.22. The van der Waals surface area contributed by atoms with Gasteiger partial charge >= 0.3 is 5.69 Å². The molecule has 0 unspecified atom stereocenters. The van der Waals surface area contributed by atoms with Gasteiger partial charge in [0.15, 0.2) is 0 Å². The van der Waals surface area contributed by atoms with Crippen LogP contribution >= 0.6 is 0 Å². The monoisotopic (exact) mass is 351 g/mol. The molecule has 1 fully saturated rings. The first kappa shape index (κ1) is 18.8. The first-order chi connectivity index (χ1) is 11.9. The zero-order chi connectivity index (χ0) is 18.4. The highest BCUT2D eigenvalue weighted by atomic mass is 16.6. The molecule has 1 aromatic heterocycles. The van der Waals surface area contributed by atoms with Gasteiger partial charge in [0.25, 0.3) is 0 Å². The molecule has 1 aliphatic rings. The summed E-state index contributed by atoms with van der Waals surface area (Å²) >= 11 is 0. The second kappa shape index (κ2) is 8.56. The number of nitrogens with zero attached hydrogens (tertiary/aromatic N) is 4. The van der Waals surface area contributed by atoms with E-state index >= 15 is 0 Å². The van der Waals surface area contributed by atoms with E-state index in [0.717, 1.165) is 31.9 Å². The van der Waals surface area contributed by atoms with Gasteiger partial charge in [-0.15, -0.1) is 0 Å². The number of amides is 1. The third-order valence-corrected chi connectivity index (χ3v) is 4.31. The molecule has 1 saturated carbocycles. The van der Waals surface area contributed by atoms with Crippen molar-refractivity contribution in [1.29, 1.82) is 0 Å². The summed E-state index contributed by atoms with van der Waals surface area (Å²) < 4.78 is 0. The van der Waals surface area contributed by atoms with Gasteiger partial charge in [-0.25, -0.2) is 4.98 Å². The fourth-order valence-electron chi connectivity index (χ4n) is 2.67. The number of anilines is 2. The topological polar surface area (TPSA) is 139 Å². The standard InChI is InChI=1S/C15H25N7O3/c1-21(2)13(23)9-19-15-18-8-12(22(24)25)14(20-15)17-7-10-3-5-11(16)6-4-10/h8,10-11H,3-7,9,16H2,1-2H3,(H2,17,18,19,20)/t10-,11-.